The summed E-state index contributed by atoms with van der Waals surface area (Å²) in [5.41, 5.74) is 0.686. The Labute approximate surface area is 108 Å². The lowest BCUT2D eigenvalue weighted by atomic mass is 10.1. The van der Waals surface area contributed by atoms with Crippen molar-refractivity contribution in [3.63, 3.8) is 0 Å². The molecule has 2 N–H and O–H groups in total. The largest absolute Gasteiger partial charge is 0.387 e. The maximum Gasteiger partial charge on any atom is 0.175 e. The van der Waals surface area contributed by atoms with Crippen molar-refractivity contribution >= 4 is 9.84 Å². The summed E-state index contributed by atoms with van der Waals surface area (Å²) in [5, 5.41) is 13.0. The standard InChI is InChI=1S/C13H19NO3S/c1-4-10(2)14-9-13(15)11-5-7-12(8-6-11)18(3,16)17/h4-8,10,13-15H,1,9H2,2-3H3. The van der Waals surface area contributed by atoms with Crippen molar-refractivity contribution in [3.8, 4) is 0 Å². The van der Waals surface area contributed by atoms with E-state index >= 15 is 0 Å². The first-order chi connectivity index (χ1) is 8.34. The zero-order chi connectivity index (χ0) is 13.8. The molecule has 0 heterocycles. The van der Waals surface area contributed by atoms with Crippen LogP contribution in [0.4, 0.5) is 0 Å². The van der Waals surface area contributed by atoms with Crippen LogP contribution in [0.15, 0.2) is 41.8 Å². The Hall–Kier alpha value is -1.17. The lowest BCUT2D eigenvalue weighted by molar-refractivity contribution is 0.173. The molecule has 2 atom stereocenters. The van der Waals surface area contributed by atoms with Gasteiger partial charge >= 0.3 is 0 Å². The average Bonchev–Trinajstić information content (AvgIpc) is 2.34. The predicted molar refractivity (Wildman–Crippen MR) is 72.2 cm³/mol. The van der Waals surface area contributed by atoms with Gasteiger partial charge in [0, 0.05) is 18.8 Å². The minimum Gasteiger partial charge on any atom is -0.387 e. The van der Waals surface area contributed by atoms with E-state index in [1.807, 2.05) is 6.92 Å². The predicted octanol–water partition coefficient (Wildman–Crippen LogP) is 1.29. The van der Waals surface area contributed by atoms with Gasteiger partial charge in [0.25, 0.3) is 0 Å². The number of hydrogen-bond donors (Lipinski definition) is 2. The molecule has 0 amide bonds. The summed E-state index contributed by atoms with van der Waals surface area (Å²) in [5.74, 6) is 0. The van der Waals surface area contributed by atoms with Crippen molar-refractivity contribution < 1.29 is 13.5 Å². The minimum absolute atomic E-state index is 0.120. The molecule has 0 saturated carbocycles. The number of aliphatic hydroxyl groups excluding tert-OH is 1. The van der Waals surface area contributed by atoms with E-state index in [9.17, 15) is 13.5 Å². The summed E-state index contributed by atoms with van der Waals surface area (Å²) < 4.78 is 22.6. The summed E-state index contributed by atoms with van der Waals surface area (Å²) in [4.78, 5) is 0.255. The summed E-state index contributed by atoms with van der Waals surface area (Å²) >= 11 is 0. The molecule has 100 valence electrons. The zero-order valence-electron chi connectivity index (χ0n) is 10.6. The summed E-state index contributed by atoms with van der Waals surface area (Å²) in [6.45, 7) is 5.97. The number of benzene rings is 1. The van der Waals surface area contributed by atoms with Crippen LogP contribution in [-0.2, 0) is 9.84 Å². The van der Waals surface area contributed by atoms with E-state index < -0.39 is 15.9 Å². The third-order valence-electron chi connectivity index (χ3n) is 2.68. The first-order valence-corrected chi connectivity index (χ1v) is 7.57. The van der Waals surface area contributed by atoms with Gasteiger partial charge in [-0.1, -0.05) is 18.2 Å². The molecule has 0 fully saturated rings. The smallest absolute Gasteiger partial charge is 0.175 e. The molecule has 18 heavy (non-hydrogen) atoms. The summed E-state index contributed by atoms with van der Waals surface area (Å²) in [6.07, 6.45) is 2.24. The first kappa shape index (κ1) is 14.9. The van der Waals surface area contributed by atoms with Crippen LogP contribution in [0, 0.1) is 0 Å². The molecule has 1 aromatic carbocycles. The van der Waals surface area contributed by atoms with Crippen LogP contribution >= 0.6 is 0 Å². The molecule has 0 radical (unpaired) electrons. The van der Waals surface area contributed by atoms with Crippen molar-refractivity contribution in [2.45, 2.75) is 24.0 Å². The third-order valence-corrected chi connectivity index (χ3v) is 3.81. The normalized spacial score (nSPS) is 15.1. The maximum absolute atomic E-state index is 11.3. The van der Waals surface area contributed by atoms with Gasteiger partial charge in [0.1, 0.15) is 0 Å². The van der Waals surface area contributed by atoms with Crippen molar-refractivity contribution in [1.82, 2.24) is 5.32 Å². The van der Waals surface area contributed by atoms with Crippen LogP contribution in [0.3, 0.4) is 0 Å². The fraction of sp³-hybridized carbons (Fsp3) is 0.385. The second-order valence-electron chi connectivity index (χ2n) is 4.29. The number of nitrogens with one attached hydrogen (secondary N) is 1. The monoisotopic (exact) mass is 269 g/mol. The Kier molecular flexibility index (Phi) is 5.07. The van der Waals surface area contributed by atoms with E-state index in [4.69, 9.17) is 0 Å². The molecule has 0 aliphatic rings. The average molecular weight is 269 g/mol. The zero-order valence-corrected chi connectivity index (χ0v) is 11.4. The van der Waals surface area contributed by atoms with Gasteiger partial charge in [-0.3, -0.25) is 0 Å². The quantitative estimate of drug-likeness (QED) is 0.764. The first-order valence-electron chi connectivity index (χ1n) is 5.68. The van der Waals surface area contributed by atoms with Crippen molar-refractivity contribution in [1.29, 1.82) is 0 Å². The summed E-state index contributed by atoms with van der Waals surface area (Å²) in [7, 11) is -3.19. The van der Waals surface area contributed by atoms with Gasteiger partial charge in [0.2, 0.25) is 0 Å². The molecule has 0 spiro atoms. The molecule has 0 aliphatic heterocycles. The number of rotatable bonds is 6. The molecule has 4 nitrogen and oxygen atoms in total. The van der Waals surface area contributed by atoms with E-state index in [1.165, 1.54) is 12.1 Å². The molecular formula is C13H19NO3S. The second-order valence-corrected chi connectivity index (χ2v) is 6.31. The number of hydrogen-bond acceptors (Lipinski definition) is 4. The highest BCUT2D eigenvalue weighted by Gasteiger charge is 2.11. The molecule has 2 unspecified atom stereocenters. The van der Waals surface area contributed by atoms with Gasteiger partial charge in [0.05, 0.1) is 11.0 Å². The second kappa shape index (κ2) is 6.13. The van der Waals surface area contributed by atoms with E-state index in [2.05, 4.69) is 11.9 Å². The molecule has 5 heteroatoms. The maximum atomic E-state index is 11.3. The highest BCUT2D eigenvalue weighted by atomic mass is 32.2. The van der Waals surface area contributed by atoms with Crippen molar-refractivity contribution in [3.05, 3.63) is 42.5 Å². The van der Waals surface area contributed by atoms with Crippen LogP contribution < -0.4 is 5.32 Å². The van der Waals surface area contributed by atoms with Gasteiger partial charge in [-0.2, -0.15) is 0 Å². The molecule has 0 bridgehead atoms. The van der Waals surface area contributed by atoms with E-state index in [0.717, 1.165) is 6.26 Å². The van der Waals surface area contributed by atoms with Gasteiger partial charge < -0.3 is 10.4 Å². The number of sulfone groups is 1. The lowest BCUT2D eigenvalue weighted by Crippen LogP contribution is -2.28. The van der Waals surface area contributed by atoms with Gasteiger partial charge in [0.15, 0.2) is 9.84 Å². The van der Waals surface area contributed by atoms with Crippen molar-refractivity contribution in [2.24, 2.45) is 0 Å². The topological polar surface area (TPSA) is 66.4 Å². The molecular weight excluding hydrogens is 250 g/mol. The van der Waals surface area contributed by atoms with E-state index in [1.54, 1.807) is 18.2 Å². The van der Waals surface area contributed by atoms with E-state index in [-0.39, 0.29) is 10.9 Å². The highest BCUT2D eigenvalue weighted by Crippen LogP contribution is 2.16. The molecule has 0 saturated heterocycles. The van der Waals surface area contributed by atoms with Gasteiger partial charge in [-0.15, -0.1) is 6.58 Å². The van der Waals surface area contributed by atoms with Crippen LogP contribution in [0.1, 0.15) is 18.6 Å². The molecule has 0 aromatic heterocycles. The van der Waals surface area contributed by atoms with E-state index in [0.29, 0.717) is 12.1 Å². The van der Waals surface area contributed by atoms with Crippen LogP contribution in [0.2, 0.25) is 0 Å². The third kappa shape index (κ3) is 4.25. The SMILES string of the molecule is C=CC(C)NCC(O)c1ccc(S(C)(=O)=O)cc1. The molecule has 0 aliphatic carbocycles. The van der Waals surface area contributed by atoms with Crippen LogP contribution in [-0.4, -0.2) is 32.4 Å². The van der Waals surface area contributed by atoms with Gasteiger partial charge in [-0.25, -0.2) is 8.42 Å². The Balaban J connectivity index is 2.70. The molecule has 1 rings (SSSR count). The fourth-order valence-electron chi connectivity index (χ4n) is 1.44. The number of aliphatic hydroxyl groups is 1. The fourth-order valence-corrected chi connectivity index (χ4v) is 2.07. The Bertz CT molecular complexity index is 493. The Morgan fingerprint density at radius 1 is 1.39 bits per heavy atom. The highest BCUT2D eigenvalue weighted by molar-refractivity contribution is 7.90. The Morgan fingerprint density at radius 2 is 1.94 bits per heavy atom. The lowest BCUT2D eigenvalue weighted by Gasteiger charge is -2.15. The molecule has 1 aromatic rings. The summed E-state index contributed by atoms with van der Waals surface area (Å²) in [6, 6.07) is 6.38. The Morgan fingerprint density at radius 3 is 2.39 bits per heavy atom. The van der Waals surface area contributed by atoms with Crippen molar-refractivity contribution in [2.75, 3.05) is 12.8 Å². The van der Waals surface area contributed by atoms with Crippen LogP contribution in [0.25, 0.3) is 0 Å². The van der Waals surface area contributed by atoms with Gasteiger partial charge in [-0.05, 0) is 24.6 Å². The minimum atomic E-state index is -3.19. The van der Waals surface area contributed by atoms with Crippen LogP contribution in [0.5, 0.6) is 0 Å².